The van der Waals surface area contributed by atoms with Gasteiger partial charge >= 0.3 is 0 Å². The second-order valence-electron chi connectivity index (χ2n) is 12.4. The van der Waals surface area contributed by atoms with Gasteiger partial charge in [0.1, 0.15) is 18.1 Å². The van der Waals surface area contributed by atoms with Crippen molar-refractivity contribution >= 4 is 38.5 Å². The van der Waals surface area contributed by atoms with E-state index in [4.69, 9.17) is 4.74 Å². The first kappa shape index (κ1) is 30.7. The van der Waals surface area contributed by atoms with Crippen LogP contribution in [0.2, 0.25) is 0 Å². The van der Waals surface area contributed by atoms with Crippen molar-refractivity contribution in [3.8, 4) is 11.1 Å². The van der Waals surface area contributed by atoms with E-state index in [0.29, 0.717) is 30.6 Å². The van der Waals surface area contributed by atoms with Crippen LogP contribution in [0.5, 0.6) is 0 Å². The van der Waals surface area contributed by atoms with Crippen LogP contribution in [0.3, 0.4) is 0 Å². The number of aromatic nitrogens is 4. The van der Waals surface area contributed by atoms with E-state index in [1.165, 1.54) is 29.7 Å². The molecule has 1 aromatic carbocycles. The monoisotopic (exact) mass is 645 g/mol. The minimum atomic E-state index is -0.472. The summed E-state index contributed by atoms with van der Waals surface area (Å²) >= 11 is 1.44. The van der Waals surface area contributed by atoms with Crippen LogP contribution in [0.25, 0.3) is 21.3 Å². The maximum atomic E-state index is 13.6. The molecule has 2 N–H and O–H groups in total. The van der Waals surface area contributed by atoms with Gasteiger partial charge in [-0.2, -0.15) is 0 Å². The summed E-state index contributed by atoms with van der Waals surface area (Å²) in [6.45, 7) is 4.13. The fourth-order valence-corrected chi connectivity index (χ4v) is 7.59. The molecule has 1 aliphatic heterocycles. The molecule has 2 aliphatic carbocycles. The molecule has 4 heterocycles. The Balaban J connectivity index is 0.902. The van der Waals surface area contributed by atoms with Gasteiger partial charge in [0.25, 0.3) is 5.91 Å². The van der Waals surface area contributed by atoms with Crippen molar-refractivity contribution in [1.29, 1.82) is 0 Å². The van der Waals surface area contributed by atoms with Crippen LogP contribution in [-0.4, -0.2) is 90.6 Å². The third kappa shape index (κ3) is 6.50. The van der Waals surface area contributed by atoms with Gasteiger partial charge in [-0.25, -0.2) is 19.3 Å². The first-order valence-corrected chi connectivity index (χ1v) is 16.6. The van der Waals surface area contributed by atoms with Crippen LogP contribution in [0, 0.1) is 11.7 Å². The summed E-state index contributed by atoms with van der Waals surface area (Å²) in [6, 6.07) is 8.74. The Bertz CT molecular complexity index is 1730. The molecule has 46 heavy (non-hydrogen) atoms. The number of nitrogens with one attached hydrogen (secondary N) is 1. The number of carbonyl (C=O) groups excluding carboxylic acids is 2. The number of piperazine rings is 1. The lowest BCUT2D eigenvalue weighted by Crippen LogP contribution is -2.60. The molecule has 2 amide bonds. The number of halogens is 1. The molecule has 0 bridgehead atoms. The quantitative estimate of drug-likeness (QED) is 0.288. The minimum Gasteiger partial charge on any atom is -0.390 e. The molecule has 240 valence electrons. The largest absolute Gasteiger partial charge is 0.390 e. The van der Waals surface area contributed by atoms with Crippen molar-refractivity contribution in [2.24, 2.45) is 5.92 Å². The lowest BCUT2D eigenvalue weighted by atomic mass is 9.78. The molecular formula is C33H36FN7O4S. The Labute approximate surface area is 269 Å². The predicted octanol–water partition coefficient (Wildman–Crippen LogP) is 4.28. The summed E-state index contributed by atoms with van der Waals surface area (Å²) in [5, 5.41) is 13.5. The van der Waals surface area contributed by atoms with Gasteiger partial charge in [0.05, 0.1) is 22.4 Å². The van der Waals surface area contributed by atoms with Crippen LogP contribution >= 0.6 is 11.3 Å². The van der Waals surface area contributed by atoms with Gasteiger partial charge in [0.2, 0.25) is 5.91 Å². The molecule has 13 heteroatoms. The van der Waals surface area contributed by atoms with Gasteiger partial charge in [-0.15, -0.1) is 0 Å². The molecule has 0 radical (unpaired) electrons. The molecule has 2 saturated carbocycles. The zero-order valence-electron chi connectivity index (χ0n) is 25.5. The molecule has 0 spiro atoms. The Kier molecular flexibility index (Phi) is 8.73. The normalized spacial score (nSPS) is 25.0. The number of pyridine rings is 1. The van der Waals surface area contributed by atoms with Gasteiger partial charge in [-0.1, -0.05) is 17.4 Å². The number of fused-ring (bicyclic) bond motifs is 1. The second kappa shape index (κ2) is 13.1. The SMILES string of the molecule is C[C@H]1CN(C(=O)c2cc(F)ccn2)CCN1[C@H]1C[C@@H](C(=O)Nc2nc3ccc(-c4cnc(CO[C@H]5CCC[C@@H]5O)nc4)cc3s2)C1. The lowest BCUT2D eigenvalue weighted by Gasteiger charge is -2.49. The molecule has 4 aromatic rings. The van der Waals surface area contributed by atoms with E-state index >= 15 is 0 Å². The van der Waals surface area contributed by atoms with E-state index in [-0.39, 0.29) is 48.2 Å². The second-order valence-corrected chi connectivity index (χ2v) is 13.5. The molecular weight excluding hydrogens is 609 g/mol. The maximum Gasteiger partial charge on any atom is 0.272 e. The van der Waals surface area contributed by atoms with Crippen molar-refractivity contribution in [1.82, 2.24) is 29.7 Å². The van der Waals surface area contributed by atoms with Gasteiger partial charge in [0.15, 0.2) is 11.0 Å². The predicted molar refractivity (Wildman–Crippen MR) is 170 cm³/mol. The van der Waals surface area contributed by atoms with Gasteiger partial charge < -0.3 is 20.1 Å². The smallest absolute Gasteiger partial charge is 0.272 e. The van der Waals surface area contributed by atoms with Crippen molar-refractivity contribution in [3.05, 3.63) is 66.3 Å². The van der Waals surface area contributed by atoms with E-state index in [1.54, 1.807) is 17.3 Å². The number of aliphatic hydroxyl groups is 1. The molecule has 11 nitrogen and oxygen atoms in total. The fourth-order valence-electron chi connectivity index (χ4n) is 6.68. The molecule has 3 aromatic heterocycles. The number of carbonyl (C=O) groups is 2. The average Bonchev–Trinajstić information content (AvgIpc) is 3.64. The van der Waals surface area contributed by atoms with Crippen LogP contribution in [-0.2, 0) is 16.1 Å². The van der Waals surface area contributed by atoms with Crippen LogP contribution in [0.15, 0.2) is 48.9 Å². The number of rotatable bonds is 8. The topological polar surface area (TPSA) is 134 Å². The molecule has 0 unspecified atom stereocenters. The number of ether oxygens (including phenoxy) is 1. The highest BCUT2D eigenvalue weighted by atomic mass is 32.1. The zero-order valence-corrected chi connectivity index (χ0v) is 26.3. The molecule has 3 fully saturated rings. The molecule has 3 atom stereocenters. The maximum absolute atomic E-state index is 13.6. The zero-order chi connectivity index (χ0) is 31.8. The number of aliphatic hydroxyl groups excluding tert-OH is 1. The van der Waals surface area contributed by atoms with Crippen molar-refractivity contribution in [2.75, 3.05) is 25.0 Å². The Morgan fingerprint density at radius 3 is 2.65 bits per heavy atom. The number of hydrogen-bond acceptors (Lipinski definition) is 10. The highest BCUT2D eigenvalue weighted by Gasteiger charge is 2.41. The van der Waals surface area contributed by atoms with Crippen LogP contribution < -0.4 is 5.32 Å². The van der Waals surface area contributed by atoms with Crippen LogP contribution in [0.4, 0.5) is 9.52 Å². The molecule has 7 rings (SSSR count). The van der Waals surface area contributed by atoms with Gasteiger partial charge in [-0.05, 0) is 62.8 Å². The molecule has 3 aliphatic rings. The van der Waals surface area contributed by atoms with Crippen molar-refractivity contribution < 1.29 is 23.8 Å². The average molecular weight is 646 g/mol. The minimum absolute atomic E-state index is 0.0227. The van der Waals surface area contributed by atoms with Crippen molar-refractivity contribution in [3.63, 3.8) is 0 Å². The third-order valence-electron chi connectivity index (χ3n) is 9.36. The molecule has 1 saturated heterocycles. The number of anilines is 1. The Morgan fingerprint density at radius 1 is 1.09 bits per heavy atom. The standard InChI is InChI=1S/C33H36FN7O4S/c1-19-17-40(32(44)26-14-23(34)7-8-35-26)9-10-41(19)24-11-21(12-24)31(43)39-33-38-25-6-5-20(13-29(25)46-33)22-15-36-30(37-16-22)18-45-28-4-2-3-27(28)42/h5-8,13-16,19,21,24,27-28,42H,2-4,9-12,17-18H2,1H3,(H,38,39,43)/t19-,21-,24+,27-,28-/m0/s1. The Morgan fingerprint density at radius 2 is 1.91 bits per heavy atom. The summed E-state index contributed by atoms with van der Waals surface area (Å²) in [4.78, 5) is 47.6. The van der Waals surface area contributed by atoms with E-state index in [0.717, 1.165) is 53.4 Å². The first-order chi connectivity index (χ1) is 22.3. The summed E-state index contributed by atoms with van der Waals surface area (Å²) in [7, 11) is 0. The van der Waals surface area contributed by atoms with Crippen molar-refractivity contribution in [2.45, 2.75) is 69.9 Å². The van der Waals surface area contributed by atoms with E-state index in [9.17, 15) is 19.1 Å². The third-order valence-corrected chi connectivity index (χ3v) is 10.3. The highest BCUT2D eigenvalue weighted by Crippen LogP contribution is 2.36. The Hall–Kier alpha value is -3.91. The van der Waals surface area contributed by atoms with E-state index < -0.39 is 11.9 Å². The first-order valence-electron chi connectivity index (χ1n) is 15.8. The number of hydrogen-bond donors (Lipinski definition) is 2. The van der Waals surface area contributed by atoms with E-state index in [2.05, 4.69) is 37.1 Å². The van der Waals surface area contributed by atoms with Crippen LogP contribution in [0.1, 0.15) is 55.3 Å². The number of nitrogens with zero attached hydrogens (tertiary/aromatic N) is 6. The number of benzene rings is 1. The van der Waals surface area contributed by atoms with E-state index in [1.807, 2.05) is 18.2 Å². The summed E-state index contributed by atoms with van der Waals surface area (Å²) in [6.07, 6.45) is 8.43. The number of thiazole rings is 1. The summed E-state index contributed by atoms with van der Waals surface area (Å²) in [5.74, 6) is -0.263. The lowest BCUT2D eigenvalue weighted by molar-refractivity contribution is -0.125. The van der Waals surface area contributed by atoms with Gasteiger partial charge in [-0.3, -0.25) is 19.5 Å². The fraction of sp³-hybridized carbons (Fsp3) is 0.455. The number of amides is 2. The summed E-state index contributed by atoms with van der Waals surface area (Å²) < 4.78 is 20.3. The summed E-state index contributed by atoms with van der Waals surface area (Å²) in [5.41, 5.74) is 2.76. The highest BCUT2D eigenvalue weighted by molar-refractivity contribution is 7.22. The van der Waals surface area contributed by atoms with Gasteiger partial charge in [0, 0.05) is 67.9 Å².